The third-order valence-corrected chi connectivity index (χ3v) is 6.11. The van der Waals surface area contributed by atoms with Gasteiger partial charge in [0.25, 0.3) is 0 Å². The molecule has 0 spiro atoms. The van der Waals surface area contributed by atoms with Crippen molar-refractivity contribution in [3.05, 3.63) is 35.3 Å². The van der Waals surface area contributed by atoms with Crippen LogP contribution in [0.3, 0.4) is 0 Å². The van der Waals surface area contributed by atoms with Crippen molar-refractivity contribution in [3.63, 3.8) is 0 Å². The van der Waals surface area contributed by atoms with Gasteiger partial charge in [0.05, 0.1) is 7.11 Å². The van der Waals surface area contributed by atoms with Gasteiger partial charge in [0.1, 0.15) is 17.2 Å². The van der Waals surface area contributed by atoms with E-state index in [4.69, 9.17) is 14.2 Å². The molecule has 0 amide bonds. The number of ketones is 1. The molecule has 2 unspecified atom stereocenters. The summed E-state index contributed by atoms with van der Waals surface area (Å²) < 4.78 is 31.0. The second kappa shape index (κ2) is 7.50. The van der Waals surface area contributed by atoms with E-state index in [9.17, 15) is 14.3 Å². The maximum Gasteiger partial charge on any atom is 0.189 e. The number of phenols is 1. The van der Waals surface area contributed by atoms with E-state index in [1.165, 1.54) is 19.2 Å². The van der Waals surface area contributed by atoms with Gasteiger partial charge < -0.3 is 19.3 Å². The number of rotatable bonds is 6. The summed E-state index contributed by atoms with van der Waals surface area (Å²) in [4.78, 5) is 12.5. The highest BCUT2D eigenvalue weighted by molar-refractivity contribution is 5.94. The lowest BCUT2D eigenvalue weighted by atomic mass is 9.69. The monoisotopic (exact) mass is 378 g/mol. The van der Waals surface area contributed by atoms with Gasteiger partial charge in [-0.15, -0.1) is 0 Å². The minimum absolute atomic E-state index is 0.0703. The van der Waals surface area contributed by atoms with E-state index < -0.39 is 11.4 Å². The largest absolute Gasteiger partial charge is 0.504 e. The smallest absolute Gasteiger partial charge is 0.189 e. The normalized spacial score (nSPS) is 26.8. The maximum atomic E-state index is 14.5. The molecule has 1 aromatic rings. The van der Waals surface area contributed by atoms with Crippen molar-refractivity contribution in [3.8, 4) is 11.5 Å². The van der Waals surface area contributed by atoms with Crippen LogP contribution in [-0.4, -0.2) is 30.4 Å². The Morgan fingerprint density at radius 2 is 2.15 bits per heavy atom. The summed E-state index contributed by atoms with van der Waals surface area (Å²) >= 11 is 0. The van der Waals surface area contributed by atoms with E-state index in [1.807, 2.05) is 6.92 Å². The molecule has 1 aliphatic heterocycles. The van der Waals surface area contributed by atoms with Crippen molar-refractivity contribution in [2.75, 3.05) is 13.9 Å². The van der Waals surface area contributed by atoms with E-state index in [1.54, 1.807) is 6.08 Å². The average Bonchev–Trinajstić information content (AvgIpc) is 3.06. The molecule has 0 aromatic heterocycles. The molecule has 1 aromatic carbocycles. The molecule has 5 nitrogen and oxygen atoms in total. The Kier molecular flexibility index (Phi) is 5.47. The van der Waals surface area contributed by atoms with Crippen LogP contribution in [0.4, 0.5) is 4.39 Å². The first-order chi connectivity index (χ1) is 12.8. The molecule has 0 bridgehead atoms. The molecule has 27 heavy (non-hydrogen) atoms. The van der Waals surface area contributed by atoms with Crippen LogP contribution >= 0.6 is 0 Å². The number of ether oxygens (including phenoxy) is 3. The Morgan fingerprint density at radius 1 is 1.41 bits per heavy atom. The Morgan fingerprint density at radius 3 is 2.81 bits per heavy atom. The van der Waals surface area contributed by atoms with Crippen molar-refractivity contribution in [1.82, 2.24) is 0 Å². The van der Waals surface area contributed by atoms with Gasteiger partial charge in [-0.3, -0.25) is 4.79 Å². The minimum Gasteiger partial charge on any atom is -0.504 e. The summed E-state index contributed by atoms with van der Waals surface area (Å²) in [6.07, 6.45) is 3.32. The molecular formula is C21H27FO5. The summed E-state index contributed by atoms with van der Waals surface area (Å²) in [5, 5.41) is 10.0. The molecule has 1 aliphatic carbocycles. The molecule has 148 valence electrons. The SMILES string of the molecule is CCC(C)C1C[C@]2([C@@H](C)Cc3cc(O)c(OC)cc3F)OCOC2=CC1=O. The number of allylic oxidation sites excluding steroid dienone is 1. The summed E-state index contributed by atoms with van der Waals surface area (Å²) in [6.45, 7) is 6.19. The lowest BCUT2D eigenvalue weighted by molar-refractivity contribution is -0.125. The van der Waals surface area contributed by atoms with Crippen LogP contribution in [0, 0.1) is 23.6 Å². The van der Waals surface area contributed by atoms with Crippen LogP contribution in [0.25, 0.3) is 0 Å². The van der Waals surface area contributed by atoms with Gasteiger partial charge in [0.2, 0.25) is 0 Å². The number of hydrogen-bond donors (Lipinski definition) is 1. The molecule has 2 aliphatic rings. The highest BCUT2D eigenvalue weighted by Crippen LogP contribution is 2.47. The topological polar surface area (TPSA) is 65.0 Å². The predicted octanol–water partition coefficient (Wildman–Crippen LogP) is 3.98. The molecule has 0 radical (unpaired) electrons. The quantitative estimate of drug-likeness (QED) is 0.811. The zero-order chi connectivity index (χ0) is 19.8. The van der Waals surface area contributed by atoms with Crippen molar-refractivity contribution in [2.45, 2.75) is 45.6 Å². The first-order valence-corrected chi connectivity index (χ1v) is 9.40. The highest BCUT2D eigenvalue weighted by Gasteiger charge is 2.52. The molecular weight excluding hydrogens is 351 g/mol. The van der Waals surface area contributed by atoms with Crippen LogP contribution in [-0.2, 0) is 20.7 Å². The first kappa shape index (κ1) is 19.7. The van der Waals surface area contributed by atoms with E-state index >= 15 is 0 Å². The Balaban J connectivity index is 1.90. The Bertz CT molecular complexity index is 759. The minimum atomic E-state index is -0.746. The van der Waals surface area contributed by atoms with Gasteiger partial charge >= 0.3 is 0 Å². The maximum absolute atomic E-state index is 14.5. The van der Waals surface area contributed by atoms with E-state index in [-0.39, 0.29) is 41.8 Å². The molecule has 4 atom stereocenters. The lowest BCUT2D eigenvalue weighted by Crippen LogP contribution is -2.46. The predicted molar refractivity (Wildman–Crippen MR) is 97.9 cm³/mol. The molecule has 1 fully saturated rings. The molecule has 0 saturated carbocycles. The number of hydrogen-bond acceptors (Lipinski definition) is 5. The van der Waals surface area contributed by atoms with Gasteiger partial charge in [-0.05, 0) is 36.3 Å². The van der Waals surface area contributed by atoms with E-state index in [0.717, 1.165) is 6.42 Å². The molecule has 3 rings (SSSR count). The van der Waals surface area contributed by atoms with Gasteiger partial charge in [0.15, 0.2) is 24.1 Å². The fourth-order valence-corrected chi connectivity index (χ4v) is 4.13. The summed E-state index contributed by atoms with van der Waals surface area (Å²) in [5.74, 6) is 0.106. The van der Waals surface area contributed by atoms with Gasteiger partial charge in [-0.2, -0.15) is 0 Å². The standard InChI is InChI=1S/C21H27FO5/c1-5-12(2)15-10-21(20(9-17(15)23)26-11-27-21)13(3)6-14-7-18(24)19(25-4)8-16(14)22/h7-9,12-13,15,24H,5-6,10-11H2,1-4H3/t12?,13-,15?,21+/m0/s1. The number of phenolic OH excluding ortho intramolecular Hbond substituents is 1. The second-order valence-electron chi connectivity index (χ2n) is 7.62. The molecule has 1 saturated heterocycles. The molecule has 1 heterocycles. The fraction of sp³-hybridized carbons (Fsp3) is 0.571. The van der Waals surface area contributed by atoms with Gasteiger partial charge in [-0.25, -0.2) is 4.39 Å². The third kappa shape index (κ3) is 3.43. The lowest BCUT2D eigenvalue weighted by Gasteiger charge is -2.40. The number of halogens is 1. The third-order valence-electron chi connectivity index (χ3n) is 6.11. The van der Waals surface area contributed by atoms with Crippen LogP contribution in [0.15, 0.2) is 24.0 Å². The average molecular weight is 378 g/mol. The van der Waals surface area contributed by atoms with Crippen LogP contribution < -0.4 is 4.74 Å². The Labute approximate surface area is 159 Å². The van der Waals surface area contributed by atoms with Crippen LogP contribution in [0.5, 0.6) is 11.5 Å². The number of carbonyl (C=O) groups excluding carboxylic acids is 1. The number of benzene rings is 1. The summed E-state index contributed by atoms with van der Waals surface area (Å²) in [7, 11) is 1.38. The highest BCUT2D eigenvalue weighted by atomic mass is 19.1. The zero-order valence-electron chi connectivity index (χ0n) is 16.3. The zero-order valence-corrected chi connectivity index (χ0v) is 16.3. The fourth-order valence-electron chi connectivity index (χ4n) is 4.13. The van der Waals surface area contributed by atoms with Crippen molar-refractivity contribution >= 4 is 5.78 Å². The molecule has 1 N–H and O–H groups in total. The molecule has 6 heteroatoms. The van der Waals surface area contributed by atoms with Crippen molar-refractivity contribution in [1.29, 1.82) is 0 Å². The van der Waals surface area contributed by atoms with Crippen LogP contribution in [0.2, 0.25) is 0 Å². The van der Waals surface area contributed by atoms with Crippen molar-refractivity contribution < 1.29 is 28.5 Å². The first-order valence-electron chi connectivity index (χ1n) is 9.40. The number of carbonyl (C=O) groups is 1. The summed E-state index contributed by atoms with van der Waals surface area (Å²) in [5.41, 5.74) is -0.369. The van der Waals surface area contributed by atoms with E-state index in [0.29, 0.717) is 24.2 Å². The number of aromatic hydroxyl groups is 1. The van der Waals surface area contributed by atoms with Crippen molar-refractivity contribution in [2.24, 2.45) is 17.8 Å². The van der Waals surface area contributed by atoms with E-state index in [2.05, 4.69) is 13.8 Å². The van der Waals surface area contributed by atoms with Gasteiger partial charge in [0, 0.05) is 18.1 Å². The summed E-state index contributed by atoms with van der Waals surface area (Å²) in [6, 6.07) is 2.57. The second-order valence-corrected chi connectivity index (χ2v) is 7.62. The van der Waals surface area contributed by atoms with Gasteiger partial charge in [-0.1, -0.05) is 27.2 Å². The Hall–Kier alpha value is -2.08. The number of fused-ring (bicyclic) bond motifs is 1. The van der Waals surface area contributed by atoms with Crippen LogP contribution in [0.1, 0.15) is 39.2 Å². The number of methoxy groups -OCH3 is 1.